The zero-order valence-electron chi connectivity index (χ0n) is 15.8. The molecule has 0 spiro atoms. The van der Waals surface area contributed by atoms with Crippen LogP contribution in [0.4, 0.5) is 0 Å². The van der Waals surface area contributed by atoms with E-state index in [0.29, 0.717) is 15.6 Å². The summed E-state index contributed by atoms with van der Waals surface area (Å²) < 4.78 is 0. The smallest absolute Gasteiger partial charge is 0.326 e. The van der Waals surface area contributed by atoms with E-state index in [1.807, 2.05) is 37.3 Å². The van der Waals surface area contributed by atoms with E-state index in [9.17, 15) is 19.5 Å². The highest BCUT2D eigenvalue weighted by Gasteiger charge is 2.23. The first-order valence-corrected chi connectivity index (χ1v) is 9.83. The molecule has 154 valence electrons. The van der Waals surface area contributed by atoms with Crippen LogP contribution >= 0.6 is 23.2 Å². The largest absolute Gasteiger partial charge is 0.480 e. The normalized spacial score (nSPS) is 12.7. The van der Waals surface area contributed by atoms with Gasteiger partial charge >= 0.3 is 5.97 Å². The summed E-state index contributed by atoms with van der Waals surface area (Å²) in [6.45, 7) is 1.85. The lowest BCUT2D eigenvalue weighted by Gasteiger charge is -2.17. The molecule has 0 aliphatic rings. The van der Waals surface area contributed by atoms with Gasteiger partial charge in [0.15, 0.2) is 0 Å². The number of aliphatic carboxylic acids is 1. The van der Waals surface area contributed by atoms with Crippen LogP contribution in [0.2, 0.25) is 10.0 Å². The molecule has 0 aliphatic carbocycles. The van der Waals surface area contributed by atoms with Crippen LogP contribution in [-0.4, -0.2) is 28.9 Å². The van der Waals surface area contributed by atoms with E-state index < -0.39 is 17.9 Å². The molecular weight excluding hydrogens is 415 g/mol. The van der Waals surface area contributed by atoms with Crippen molar-refractivity contribution in [2.24, 2.45) is 0 Å². The first-order valence-electron chi connectivity index (χ1n) is 9.07. The second kappa shape index (κ2) is 10.8. The minimum absolute atomic E-state index is 0.0534. The lowest BCUT2D eigenvalue weighted by molar-refractivity contribution is -0.141. The molecule has 0 saturated carbocycles. The van der Waals surface area contributed by atoms with E-state index in [4.69, 9.17) is 23.2 Å². The van der Waals surface area contributed by atoms with Gasteiger partial charge in [0, 0.05) is 29.3 Å². The Morgan fingerprint density at radius 2 is 1.45 bits per heavy atom. The quantitative estimate of drug-likeness (QED) is 0.557. The van der Waals surface area contributed by atoms with Crippen molar-refractivity contribution in [2.75, 3.05) is 0 Å². The number of carbonyl (C=O) groups excluding carboxylic acids is 2. The van der Waals surface area contributed by atoms with Crippen LogP contribution in [0, 0.1) is 0 Å². The number of hydrogen-bond donors (Lipinski definition) is 3. The Balaban J connectivity index is 1.87. The van der Waals surface area contributed by atoms with Gasteiger partial charge in [-0.05, 0) is 30.2 Å². The first-order chi connectivity index (χ1) is 13.8. The average molecular weight is 437 g/mol. The summed E-state index contributed by atoms with van der Waals surface area (Å²) in [4.78, 5) is 35.8. The average Bonchev–Trinajstić information content (AvgIpc) is 2.69. The summed E-state index contributed by atoms with van der Waals surface area (Å²) in [7, 11) is 0. The monoisotopic (exact) mass is 436 g/mol. The van der Waals surface area contributed by atoms with Crippen molar-refractivity contribution in [1.82, 2.24) is 10.6 Å². The van der Waals surface area contributed by atoms with Gasteiger partial charge in [0.05, 0.1) is 6.04 Å². The van der Waals surface area contributed by atoms with Gasteiger partial charge in [0.2, 0.25) is 11.8 Å². The van der Waals surface area contributed by atoms with Crippen molar-refractivity contribution in [3.05, 3.63) is 69.7 Å². The maximum atomic E-state index is 12.2. The van der Waals surface area contributed by atoms with Crippen LogP contribution in [0.3, 0.4) is 0 Å². The number of hydrogen-bond acceptors (Lipinski definition) is 3. The molecule has 0 saturated heterocycles. The number of benzene rings is 2. The second-order valence-corrected chi connectivity index (χ2v) is 7.38. The molecule has 0 fully saturated rings. The first kappa shape index (κ1) is 22.7. The van der Waals surface area contributed by atoms with Crippen LogP contribution in [0.5, 0.6) is 0 Å². The molecule has 0 aliphatic heterocycles. The molecule has 0 heterocycles. The molecular formula is C21H22Cl2N2O4. The molecule has 0 aromatic heterocycles. The topological polar surface area (TPSA) is 95.5 Å². The van der Waals surface area contributed by atoms with Crippen molar-refractivity contribution < 1.29 is 19.5 Å². The molecule has 0 bridgehead atoms. The summed E-state index contributed by atoms with van der Waals surface area (Å²) in [5.41, 5.74) is 1.39. The Morgan fingerprint density at radius 3 is 2.00 bits per heavy atom. The number of nitrogens with one attached hydrogen (secondary N) is 2. The van der Waals surface area contributed by atoms with Crippen molar-refractivity contribution in [3.63, 3.8) is 0 Å². The third-order valence-electron chi connectivity index (χ3n) is 4.36. The molecule has 2 aromatic rings. The number of carbonyl (C=O) groups is 3. The minimum atomic E-state index is -1.21. The molecule has 6 nitrogen and oxygen atoms in total. The van der Waals surface area contributed by atoms with Crippen LogP contribution < -0.4 is 10.6 Å². The number of amides is 2. The molecule has 2 amide bonds. The molecule has 0 unspecified atom stereocenters. The fourth-order valence-electron chi connectivity index (χ4n) is 2.76. The van der Waals surface area contributed by atoms with Crippen LogP contribution in [0.15, 0.2) is 48.5 Å². The van der Waals surface area contributed by atoms with Gasteiger partial charge in [-0.3, -0.25) is 9.59 Å². The van der Waals surface area contributed by atoms with Crippen molar-refractivity contribution in [3.8, 4) is 0 Å². The Morgan fingerprint density at radius 1 is 0.897 bits per heavy atom. The third-order valence-corrected chi connectivity index (χ3v) is 5.07. The van der Waals surface area contributed by atoms with Crippen molar-refractivity contribution in [2.45, 2.75) is 38.3 Å². The number of carboxylic acid groups (broad SMARTS) is 1. The minimum Gasteiger partial charge on any atom is -0.480 e. The third kappa shape index (κ3) is 7.07. The molecule has 8 heteroatoms. The highest BCUT2D eigenvalue weighted by molar-refractivity contribution is 6.36. The summed E-state index contributed by atoms with van der Waals surface area (Å²) in [5.74, 6) is -2.04. The summed E-state index contributed by atoms with van der Waals surface area (Å²) in [6.07, 6.45) is -0.244. The van der Waals surface area contributed by atoms with Crippen LogP contribution in [-0.2, 0) is 20.8 Å². The number of rotatable bonds is 9. The fourth-order valence-corrected chi connectivity index (χ4v) is 3.32. The van der Waals surface area contributed by atoms with Crippen molar-refractivity contribution >= 4 is 41.0 Å². The molecule has 3 N–H and O–H groups in total. The maximum Gasteiger partial charge on any atom is 0.326 e. The van der Waals surface area contributed by atoms with Gasteiger partial charge in [0.25, 0.3) is 0 Å². The second-order valence-electron chi connectivity index (χ2n) is 6.56. The van der Waals surface area contributed by atoms with Gasteiger partial charge in [0.1, 0.15) is 6.04 Å². The highest BCUT2D eigenvalue weighted by atomic mass is 35.5. The predicted octanol–water partition coefficient (Wildman–Crippen LogP) is 3.76. The van der Waals surface area contributed by atoms with Gasteiger partial charge < -0.3 is 15.7 Å². The Hall–Kier alpha value is -2.57. The zero-order chi connectivity index (χ0) is 21.4. The van der Waals surface area contributed by atoms with Crippen LogP contribution in [0.1, 0.15) is 36.9 Å². The lowest BCUT2D eigenvalue weighted by atomic mass is 10.1. The Kier molecular flexibility index (Phi) is 8.49. The standard InChI is InChI=1S/C21H22Cl2N2O4/c1-13(14-6-3-2-4-7-14)24-19(26)10-11-20(27)25-18(21(28)29)12-15-16(22)8-5-9-17(15)23/h2-9,13,18H,10-12H2,1H3,(H,24,26)(H,25,27)(H,28,29)/t13-,18-/m1/s1. The lowest BCUT2D eigenvalue weighted by Crippen LogP contribution is -2.42. The zero-order valence-corrected chi connectivity index (χ0v) is 17.3. The SMILES string of the molecule is C[C@@H](NC(=O)CCC(=O)N[C@H](Cc1c(Cl)cccc1Cl)C(=O)O)c1ccccc1. The van der Waals surface area contributed by atoms with E-state index in [2.05, 4.69) is 10.6 Å². The number of carboxylic acids is 1. The van der Waals surface area contributed by atoms with Gasteiger partial charge in [-0.1, -0.05) is 59.6 Å². The molecule has 0 radical (unpaired) electrons. The van der Waals surface area contributed by atoms with Gasteiger partial charge in [-0.25, -0.2) is 4.79 Å². The van der Waals surface area contributed by atoms with E-state index >= 15 is 0 Å². The Bertz CT molecular complexity index is 854. The molecule has 2 rings (SSSR count). The molecule has 29 heavy (non-hydrogen) atoms. The summed E-state index contributed by atoms with van der Waals surface area (Å²) >= 11 is 12.1. The van der Waals surface area contributed by atoms with Gasteiger partial charge in [-0.15, -0.1) is 0 Å². The maximum absolute atomic E-state index is 12.2. The summed E-state index contributed by atoms with van der Waals surface area (Å²) in [5, 5.41) is 15.3. The molecule has 2 atom stereocenters. The predicted molar refractivity (Wildman–Crippen MR) is 112 cm³/mol. The Labute approximate surface area is 179 Å². The van der Waals surface area contributed by atoms with Gasteiger partial charge in [-0.2, -0.15) is 0 Å². The van der Waals surface area contributed by atoms with Crippen LogP contribution in [0.25, 0.3) is 0 Å². The number of halogens is 2. The molecule has 2 aromatic carbocycles. The van der Waals surface area contributed by atoms with E-state index in [0.717, 1.165) is 5.56 Å². The van der Waals surface area contributed by atoms with E-state index in [-0.39, 0.29) is 31.2 Å². The van der Waals surface area contributed by atoms with E-state index in [1.54, 1.807) is 18.2 Å². The fraction of sp³-hybridized carbons (Fsp3) is 0.286. The van der Waals surface area contributed by atoms with E-state index in [1.165, 1.54) is 0 Å². The summed E-state index contributed by atoms with van der Waals surface area (Å²) in [6, 6.07) is 12.9. The van der Waals surface area contributed by atoms with Crippen molar-refractivity contribution in [1.29, 1.82) is 0 Å². The highest BCUT2D eigenvalue weighted by Crippen LogP contribution is 2.25.